The third-order valence-electron chi connectivity index (χ3n) is 4.89. The third kappa shape index (κ3) is 2.94. The molecule has 0 heterocycles. The molecule has 23 heavy (non-hydrogen) atoms. The Bertz CT molecular complexity index is 692. The monoisotopic (exact) mass is 308 g/mol. The quantitative estimate of drug-likeness (QED) is 0.762. The van der Waals surface area contributed by atoms with Gasteiger partial charge in [0.25, 0.3) is 0 Å². The molecule has 0 amide bonds. The average molecular weight is 308 g/mol. The number of fused-ring (bicyclic) bond motifs is 2. The van der Waals surface area contributed by atoms with Crippen LogP contribution in [0.15, 0.2) is 60.7 Å². The van der Waals surface area contributed by atoms with Gasteiger partial charge in [0.15, 0.2) is 0 Å². The molecule has 0 spiro atoms. The number of rotatable bonds is 4. The Hall–Kier alpha value is -1.27. The molecule has 2 unspecified atom stereocenters. The van der Waals surface area contributed by atoms with Crippen LogP contribution in [-0.4, -0.2) is 9.52 Å². The second-order valence-corrected chi connectivity index (χ2v) is 7.89. The maximum Gasteiger partial charge on any atom is 1.00 e. The van der Waals surface area contributed by atoms with E-state index in [1.54, 1.807) is 0 Å². The Morgan fingerprint density at radius 2 is 1.35 bits per heavy atom. The van der Waals surface area contributed by atoms with Crippen LogP contribution in [0.1, 0.15) is 42.4 Å². The van der Waals surface area contributed by atoms with Crippen LogP contribution in [0.3, 0.4) is 0 Å². The number of benzene rings is 2. The van der Waals surface area contributed by atoms with Crippen LogP contribution in [0.2, 0.25) is 11.6 Å². The van der Waals surface area contributed by atoms with Gasteiger partial charge in [-0.2, -0.15) is 0 Å². The minimum absolute atomic E-state index is 0. The molecular formula is C21H21LiSi. The van der Waals surface area contributed by atoms with Gasteiger partial charge in [0.2, 0.25) is 0 Å². The van der Waals surface area contributed by atoms with Crippen LogP contribution in [0.4, 0.5) is 0 Å². The van der Waals surface area contributed by atoms with Gasteiger partial charge in [-0.05, 0) is 27.8 Å². The molecule has 2 aliphatic rings. The van der Waals surface area contributed by atoms with E-state index in [1.807, 2.05) is 0 Å². The van der Waals surface area contributed by atoms with E-state index in [0.29, 0.717) is 17.4 Å². The van der Waals surface area contributed by atoms with Crippen molar-refractivity contribution >= 4 is 21.7 Å². The van der Waals surface area contributed by atoms with E-state index >= 15 is 0 Å². The molecule has 2 aromatic carbocycles. The summed E-state index contributed by atoms with van der Waals surface area (Å²) in [6.07, 6.45) is 9.51. The fourth-order valence-corrected chi connectivity index (χ4v) is 5.45. The van der Waals surface area contributed by atoms with Gasteiger partial charge in [-0.3, -0.25) is 0 Å². The Balaban J connectivity index is 0.00000104. The minimum atomic E-state index is 0. The molecule has 2 radical (unpaired) electrons. The summed E-state index contributed by atoms with van der Waals surface area (Å²) >= 11 is 0. The molecule has 0 N–H and O–H groups in total. The van der Waals surface area contributed by atoms with Gasteiger partial charge in [-0.15, -0.1) is 0 Å². The molecule has 0 nitrogen and oxygen atoms in total. The first-order chi connectivity index (χ1) is 10.9. The second kappa shape index (κ2) is 7.10. The molecule has 2 aliphatic carbocycles. The minimum Gasteiger partial charge on any atom is -1.00 e. The van der Waals surface area contributed by atoms with Crippen LogP contribution in [0, 0.1) is 0 Å². The van der Waals surface area contributed by atoms with Crippen LogP contribution in [0.5, 0.6) is 0 Å². The normalized spacial score (nSPS) is 21.6. The van der Waals surface area contributed by atoms with Crippen molar-refractivity contribution in [3.05, 3.63) is 82.9 Å². The molecule has 0 bridgehead atoms. The second-order valence-electron chi connectivity index (χ2n) is 6.11. The van der Waals surface area contributed by atoms with Crippen molar-refractivity contribution in [2.75, 3.05) is 0 Å². The number of hydrogen-bond acceptors (Lipinski definition) is 0. The first-order valence-corrected chi connectivity index (χ1v) is 9.44. The van der Waals surface area contributed by atoms with Gasteiger partial charge in [0.1, 0.15) is 0 Å². The summed E-state index contributed by atoms with van der Waals surface area (Å²) in [6.45, 7) is 2.32. The van der Waals surface area contributed by atoms with E-state index in [0.717, 1.165) is 9.52 Å². The van der Waals surface area contributed by atoms with E-state index in [4.69, 9.17) is 0 Å². The van der Waals surface area contributed by atoms with Crippen LogP contribution in [-0.2, 0) is 0 Å². The van der Waals surface area contributed by atoms with Gasteiger partial charge in [-0.25, -0.2) is 0 Å². The fourth-order valence-electron chi connectivity index (χ4n) is 3.89. The zero-order valence-electron chi connectivity index (χ0n) is 14.9. The van der Waals surface area contributed by atoms with Crippen LogP contribution < -0.4 is 18.9 Å². The summed E-state index contributed by atoms with van der Waals surface area (Å²) in [5.74, 6) is 1.13. The van der Waals surface area contributed by atoms with Crippen molar-refractivity contribution in [1.29, 1.82) is 0 Å². The van der Waals surface area contributed by atoms with Crippen LogP contribution in [0.25, 0.3) is 12.2 Å². The standard InChI is InChI=1S/C21H20Si.Li.H/c1-2-22-21(19-13-11-15-7-3-5-9-17(15)19)20-14-12-16-8-4-6-10-18(16)20;;/h3-14,19-21H,2H2,1H3;;/q;+1;-1. The Morgan fingerprint density at radius 1 is 0.870 bits per heavy atom. The summed E-state index contributed by atoms with van der Waals surface area (Å²) in [7, 11) is 0.995. The molecular weight excluding hydrogens is 287 g/mol. The molecule has 0 aliphatic heterocycles. The third-order valence-corrected chi connectivity index (χ3v) is 6.49. The first-order valence-electron chi connectivity index (χ1n) is 8.16. The predicted octanol–water partition coefficient (Wildman–Crippen LogP) is 2.66. The van der Waals surface area contributed by atoms with Gasteiger partial charge in [0.05, 0.1) is 0 Å². The average Bonchev–Trinajstić information content (AvgIpc) is 3.17. The maximum absolute atomic E-state index is 2.44. The summed E-state index contributed by atoms with van der Waals surface area (Å²) < 4.78 is 0. The summed E-state index contributed by atoms with van der Waals surface area (Å²) in [5.41, 5.74) is 6.55. The van der Waals surface area contributed by atoms with Crippen LogP contribution >= 0.6 is 0 Å². The molecule has 4 rings (SSSR count). The summed E-state index contributed by atoms with van der Waals surface area (Å²) in [4.78, 5) is 0. The van der Waals surface area contributed by atoms with Gasteiger partial charge in [-0.1, -0.05) is 85.8 Å². The van der Waals surface area contributed by atoms with Gasteiger partial charge < -0.3 is 1.43 Å². The Kier molecular flexibility index (Phi) is 5.12. The SMILES string of the molecule is CC[Si]C(C1C=Cc2ccccc21)C1C=Cc2ccccc21.[H-].[Li+]. The van der Waals surface area contributed by atoms with Gasteiger partial charge >= 0.3 is 18.9 Å². The van der Waals surface area contributed by atoms with E-state index in [9.17, 15) is 0 Å². The fraction of sp³-hybridized carbons (Fsp3) is 0.238. The van der Waals surface area contributed by atoms with Crippen molar-refractivity contribution in [1.82, 2.24) is 0 Å². The summed E-state index contributed by atoms with van der Waals surface area (Å²) in [6, 6.07) is 19.1. The van der Waals surface area contributed by atoms with E-state index in [-0.39, 0.29) is 20.3 Å². The zero-order chi connectivity index (χ0) is 14.9. The predicted molar refractivity (Wildman–Crippen MR) is 97.5 cm³/mol. The largest absolute Gasteiger partial charge is 1.00 e. The van der Waals surface area contributed by atoms with Crippen molar-refractivity contribution in [3.63, 3.8) is 0 Å². The maximum atomic E-state index is 2.44. The molecule has 0 saturated carbocycles. The molecule has 2 heteroatoms. The Morgan fingerprint density at radius 3 is 1.83 bits per heavy atom. The zero-order valence-corrected chi connectivity index (χ0v) is 14.9. The van der Waals surface area contributed by atoms with Crippen molar-refractivity contribution in [2.45, 2.75) is 30.3 Å². The number of hydrogen-bond donors (Lipinski definition) is 0. The molecule has 0 fully saturated rings. The molecule has 110 valence electrons. The summed E-state index contributed by atoms with van der Waals surface area (Å²) in [5, 5.41) is 0. The Labute approximate surface area is 155 Å². The molecule has 2 aromatic rings. The molecule has 0 aromatic heterocycles. The van der Waals surface area contributed by atoms with E-state index < -0.39 is 0 Å². The smallest absolute Gasteiger partial charge is 1.00 e. The number of allylic oxidation sites excluding steroid dienone is 2. The van der Waals surface area contributed by atoms with E-state index in [1.165, 1.54) is 28.3 Å². The van der Waals surface area contributed by atoms with Gasteiger partial charge in [0, 0.05) is 21.4 Å². The van der Waals surface area contributed by atoms with Crippen molar-refractivity contribution in [3.8, 4) is 0 Å². The molecule has 0 saturated heterocycles. The topological polar surface area (TPSA) is 0 Å². The molecule has 2 atom stereocenters. The first kappa shape index (κ1) is 16.6. The van der Waals surface area contributed by atoms with E-state index in [2.05, 4.69) is 79.8 Å². The van der Waals surface area contributed by atoms with Crippen molar-refractivity contribution in [2.24, 2.45) is 0 Å². The van der Waals surface area contributed by atoms with Crippen molar-refractivity contribution < 1.29 is 20.3 Å².